The van der Waals surface area contributed by atoms with Gasteiger partial charge in [0.25, 0.3) is 0 Å². The summed E-state index contributed by atoms with van der Waals surface area (Å²) in [5.74, 6) is -2.18. The van der Waals surface area contributed by atoms with Gasteiger partial charge in [-0.1, -0.05) is 38.8 Å². The fourth-order valence-corrected chi connectivity index (χ4v) is 8.38. The Morgan fingerprint density at radius 2 is 1.97 bits per heavy atom. The highest BCUT2D eigenvalue weighted by atomic mass is 32.2. The molecule has 10 heteroatoms. The van der Waals surface area contributed by atoms with E-state index in [1.807, 2.05) is 6.92 Å². The molecule has 0 aromatic carbocycles. The van der Waals surface area contributed by atoms with Gasteiger partial charge < -0.3 is 9.90 Å². The van der Waals surface area contributed by atoms with E-state index in [1.54, 1.807) is 19.9 Å². The summed E-state index contributed by atoms with van der Waals surface area (Å²) in [5, 5.41) is 10.6. The summed E-state index contributed by atoms with van der Waals surface area (Å²) in [6, 6.07) is 0. The van der Waals surface area contributed by atoms with E-state index in [9.17, 15) is 36.3 Å². The molecule has 1 N–H and O–H groups in total. The molecule has 0 unspecified atom stereocenters. The Hall–Kier alpha value is -1.42. The van der Waals surface area contributed by atoms with Gasteiger partial charge in [-0.3, -0.25) is 8.98 Å². The lowest BCUT2D eigenvalue weighted by Gasteiger charge is -2.58. The van der Waals surface area contributed by atoms with Crippen molar-refractivity contribution in [1.29, 1.82) is 0 Å². The molecule has 4 bridgehead atoms. The number of aliphatic carboxylic acids is 1. The van der Waals surface area contributed by atoms with Gasteiger partial charge in [0, 0.05) is 5.41 Å². The maximum atomic E-state index is 13.0. The number of carbonyl (C=O) groups excluding carboxylic acids is 1. The van der Waals surface area contributed by atoms with E-state index in [-0.39, 0.29) is 36.5 Å². The highest BCUT2D eigenvalue weighted by molar-refractivity contribution is 7.87. The van der Waals surface area contributed by atoms with Crippen molar-refractivity contribution in [2.45, 2.75) is 52.0 Å². The van der Waals surface area contributed by atoms with Gasteiger partial charge in [-0.05, 0) is 48.9 Å². The first-order valence-electron chi connectivity index (χ1n) is 10.6. The van der Waals surface area contributed by atoms with Crippen LogP contribution in [0.5, 0.6) is 0 Å². The van der Waals surface area contributed by atoms with Crippen molar-refractivity contribution in [2.75, 3.05) is 6.61 Å². The summed E-state index contributed by atoms with van der Waals surface area (Å²) >= 11 is 0. The van der Waals surface area contributed by atoms with Gasteiger partial charge in [0.05, 0.1) is 12.0 Å². The fraction of sp³-hybridized carbons (Fsp3) is 0.810. The summed E-state index contributed by atoms with van der Waals surface area (Å²) in [6.07, 6.45) is 4.39. The molecular formula is C21H27F3O6S. The predicted octanol–water partition coefficient (Wildman–Crippen LogP) is 3.78. The van der Waals surface area contributed by atoms with Crippen molar-refractivity contribution in [3.05, 3.63) is 11.6 Å². The van der Waals surface area contributed by atoms with Crippen molar-refractivity contribution in [3.63, 3.8) is 0 Å². The smallest absolute Gasteiger partial charge is 0.481 e. The molecule has 0 amide bonds. The lowest BCUT2D eigenvalue weighted by molar-refractivity contribution is -0.183. The Labute approximate surface area is 179 Å². The highest BCUT2D eigenvalue weighted by Gasteiger charge is 2.84. The van der Waals surface area contributed by atoms with Crippen LogP contribution in [0.25, 0.3) is 0 Å². The van der Waals surface area contributed by atoms with Crippen LogP contribution in [0.4, 0.5) is 13.2 Å². The molecule has 4 aliphatic rings. The van der Waals surface area contributed by atoms with Gasteiger partial charge in [-0.25, -0.2) is 0 Å². The van der Waals surface area contributed by atoms with Crippen molar-refractivity contribution < 1.29 is 40.5 Å². The molecular weight excluding hydrogens is 437 g/mol. The number of rotatable bonds is 6. The molecule has 4 aliphatic carbocycles. The molecule has 0 aliphatic heterocycles. The second kappa shape index (κ2) is 6.56. The standard InChI is InChI=1S/C21H27F3O6S/c1-11(2)16-6-13-7-18(9-25)15-5-4-12(3)14(15)8-19(13,20(16,18)17(26)27)10-30-31(28,29)21(22,23)24/h6,9,11-15H,4-5,7-8,10H2,1-3H3,(H,26,27)/t12-,13+,14-,15-,18+,19+,20+/m1/s1. The Bertz CT molecular complexity index is 957. The predicted molar refractivity (Wildman–Crippen MR) is 103 cm³/mol. The van der Waals surface area contributed by atoms with Crippen LogP contribution in [0.1, 0.15) is 46.5 Å². The van der Waals surface area contributed by atoms with E-state index in [4.69, 9.17) is 0 Å². The third-order valence-corrected chi connectivity index (χ3v) is 9.87. The first kappa shape index (κ1) is 22.8. The lowest BCUT2D eigenvalue weighted by Crippen LogP contribution is -2.63. The summed E-state index contributed by atoms with van der Waals surface area (Å²) in [5.41, 5.74) is -9.57. The zero-order valence-corrected chi connectivity index (χ0v) is 18.4. The highest BCUT2D eigenvalue weighted by Crippen LogP contribution is 2.82. The summed E-state index contributed by atoms with van der Waals surface area (Å²) < 4.78 is 67.1. The number of aldehydes is 1. The molecule has 6 nitrogen and oxygen atoms in total. The average Bonchev–Trinajstić information content (AvgIpc) is 3.22. The largest absolute Gasteiger partial charge is 0.523 e. The van der Waals surface area contributed by atoms with Crippen molar-refractivity contribution >= 4 is 22.4 Å². The Balaban J connectivity index is 1.93. The third-order valence-electron chi connectivity index (χ3n) is 8.88. The van der Waals surface area contributed by atoms with E-state index in [1.165, 1.54) is 0 Å². The number of hydrogen-bond acceptors (Lipinski definition) is 5. The minimum absolute atomic E-state index is 0.0696. The van der Waals surface area contributed by atoms with E-state index >= 15 is 0 Å². The molecule has 0 aromatic heterocycles. The molecule has 0 heterocycles. The molecule has 174 valence electrons. The second-order valence-corrected chi connectivity index (χ2v) is 11.8. The second-order valence-electron chi connectivity index (χ2n) is 10.1. The Morgan fingerprint density at radius 1 is 1.32 bits per heavy atom. The van der Waals surface area contributed by atoms with Crippen LogP contribution in [0.15, 0.2) is 11.6 Å². The molecule has 4 rings (SSSR count). The fourth-order valence-electron chi connectivity index (χ4n) is 7.88. The number of carboxylic acids is 1. The van der Waals surface area contributed by atoms with Crippen LogP contribution < -0.4 is 0 Å². The zero-order chi connectivity index (χ0) is 23.2. The molecule has 31 heavy (non-hydrogen) atoms. The lowest BCUT2D eigenvalue weighted by atomic mass is 9.43. The minimum Gasteiger partial charge on any atom is -0.481 e. The van der Waals surface area contributed by atoms with Crippen LogP contribution >= 0.6 is 0 Å². The van der Waals surface area contributed by atoms with Crippen LogP contribution in [0.2, 0.25) is 0 Å². The zero-order valence-electron chi connectivity index (χ0n) is 17.6. The first-order valence-corrected chi connectivity index (χ1v) is 12.0. The molecule has 0 spiro atoms. The number of carboxylic acid groups (broad SMARTS) is 1. The molecule has 0 aromatic rings. The molecule has 0 radical (unpaired) electrons. The van der Waals surface area contributed by atoms with Crippen LogP contribution in [-0.4, -0.2) is 37.9 Å². The Kier molecular flexibility index (Phi) is 4.81. The van der Waals surface area contributed by atoms with Crippen LogP contribution in [-0.2, 0) is 23.9 Å². The van der Waals surface area contributed by atoms with Crippen LogP contribution in [0, 0.1) is 45.8 Å². The molecule has 3 fully saturated rings. The third kappa shape index (κ3) is 2.46. The van der Waals surface area contributed by atoms with Crippen molar-refractivity contribution in [1.82, 2.24) is 0 Å². The minimum atomic E-state index is -5.90. The number of alkyl halides is 3. The van der Waals surface area contributed by atoms with E-state index in [0.717, 1.165) is 12.7 Å². The SMILES string of the molecule is CC(C)C1=C[C@H]2C[C@]3(C=O)[C@@H]4CC[C@@H](C)[C@H]4C[C@@]2(COS(=O)(=O)C(F)(F)F)[C@]13C(=O)O. The number of hydrogen-bond donors (Lipinski definition) is 1. The van der Waals surface area contributed by atoms with Gasteiger partial charge >= 0.3 is 21.6 Å². The average molecular weight is 465 g/mol. The first-order chi connectivity index (χ1) is 14.2. The van der Waals surface area contributed by atoms with Crippen LogP contribution in [0.3, 0.4) is 0 Å². The monoisotopic (exact) mass is 464 g/mol. The maximum absolute atomic E-state index is 13.0. The van der Waals surface area contributed by atoms with Crippen molar-refractivity contribution in [2.24, 2.45) is 45.8 Å². The van der Waals surface area contributed by atoms with Gasteiger partial charge in [-0.15, -0.1) is 0 Å². The number of allylic oxidation sites excluding steroid dienone is 1. The van der Waals surface area contributed by atoms with Crippen molar-refractivity contribution in [3.8, 4) is 0 Å². The normalized spacial score (nSPS) is 43.8. The van der Waals surface area contributed by atoms with Gasteiger partial charge in [-0.2, -0.15) is 21.6 Å². The van der Waals surface area contributed by atoms with E-state index in [2.05, 4.69) is 4.18 Å². The van der Waals surface area contributed by atoms with Gasteiger partial charge in [0.2, 0.25) is 0 Å². The van der Waals surface area contributed by atoms with Gasteiger partial charge in [0.1, 0.15) is 11.7 Å². The number of halogens is 3. The summed E-state index contributed by atoms with van der Waals surface area (Å²) in [7, 11) is -5.90. The Morgan fingerprint density at radius 3 is 2.48 bits per heavy atom. The maximum Gasteiger partial charge on any atom is 0.523 e. The van der Waals surface area contributed by atoms with E-state index < -0.39 is 50.4 Å². The van der Waals surface area contributed by atoms with E-state index in [0.29, 0.717) is 12.0 Å². The molecule has 3 saturated carbocycles. The summed E-state index contributed by atoms with van der Waals surface area (Å²) in [4.78, 5) is 25.8. The number of carbonyl (C=O) groups is 2. The quantitative estimate of drug-likeness (QED) is 0.278. The van der Waals surface area contributed by atoms with Gasteiger partial charge in [0.15, 0.2) is 0 Å². The molecule has 7 atom stereocenters. The topological polar surface area (TPSA) is 97.7 Å². The number of fused-ring (bicyclic) bond motifs is 2. The molecule has 0 saturated heterocycles. The summed E-state index contributed by atoms with van der Waals surface area (Å²) in [6.45, 7) is 4.69.